The zero-order valence-corrected chi connectivity index (χ0v) is 13.9. The molecule has 0 aliphatic rings. The van der Waals surface area contributed by atoms with Crippen LogP contribution < -0.4 is 0 Å². The van der Waals surface area contributed by atoms with Crippen molar-refractivity contribution in [1.82, 2.24) is 4.40 Å². The third kappa shape index (κ3) is 2.71. The molecule has 1 N–H and O–H groups in total. The lowest BCUT2D eigenvalue weighted by atomic mass is 9.89. The van der Waals surface area contributed by atoms with Crippen LogP contribution in [0.15, 0.2) is 54.7 Å². The number of carboxylic acids is 1. The Morgan fingerprint density at radius 3 is 2.25 bits per heavy atom. The predicted molar refractivity (Wildman–Crippen MR) is 92.9 cm³/mol. The van der Waals surface area contributed by atoms with Gasteiger partial charge in [0, 0.05) is 17.3 Å². The van der Waals surface area contributed by atoms with E-state index >= 15 is 0 Å². The van der Waals surface area contributed by atoms with E-state index in [0.29, 0.717) is 5.69 Å². The van der Waals surface area contributed by atoms with Gasteiger partial charge in [0.1, 0.15) is 0 Å². The van der Waals surface area contributed by atoms with E-state index in [9.17, 15) is 14.7 Å². The van der Waals surface area contributed by atoms with Gasteiger partial charge in [-0.15, -0.1) is 0 Å². The molecular weight excluding hydrogens is 302 g/mol. The minimum absolute atomic E-state index is 0.0164. The fourth-order valence-electron chi connectivity index (χ4n) is 2.74. The number of carbonyl (C=O) groups is 2. The van der Waals surface area contributed by atoms with E-state index in [0.717, 1.165) is 11.1 Å². The van der Waals surface area contributed by atoms with Gasteiger partial charge < -0.3 is 9.51 Å². The number of hydrogen-bond donors (Lipinski definition) is 1. The van der Waals surface area contributed by atoms with Crippen molar-refractivity contribution in [3.8, 4) is 0 Å². The number of nitrogens with zero attached hydrogens (tertiary/aromatic N) is 1. The van der Waals surface area contributed by atoms with E-state index < -0.39 is 5.97 Å². The number of pyridine rings is 1. The summed E-state index contributed by atoms with van der Waals surface area (Å²) in [6.45, 7) is 6.34. The van der Waals surface area contributed by atoms with Crippen molar-refractivity contribution < 1.29 is 14.7 Å². The fourth-order valence-corrected chi connectivity index (χ4v) is 2.74. The highest BCUT2D eigenvalue weighted by atomic mass is 16.4. The summed E-state index contributed by atoms with van der Waals surface area (Å²) >= 11 is 0. The molecule has 0 bridgehead atoms. The van der Waals surface area contributed by atoms with Gasteiger partial charge in [0.05, 0.1) is 11.3 Å². The molecule has 4 heteroatoms. The second-order valence-corrected chi connectivity index (χ2v) is 6.86. The molecule has 24 heavy (non-hydrogen) atoms. The smallest absolute Gasteiger partial charge is 0.336 e. The van der Waals surface area contributed by atoms with E-state index in [1.807, 2.05) is 22.7 Å². The summed E-state index contributed by atoms with van der Waals surface area (Å²) in [6.07, 6.45) is 1.95. The second-order valence-electron chi connectivity index (χ2n) is 6.86. The van der Waals surface area contributed by atoms with E-state index in [-0.39, 0.29) is 22.3 Å². The summed E-state index contributed by atoms with van der Waals surface area (Å²) in [5.74, 6) is -1.40. The van der Waals surface area contributed by atoms with Crippen LogP contribution in [0.5, 0.6) is 0 Å². The Labute approximate surface area is 140 Å². The van der Waals surface area contributed by atoms with Crippen molar-refractivity contribution in [2.45, 2.75) is 26.2 Å². The van der Waals surface area contributed by atoms with Crippen molar-refractivity contribution >= 4 is 17.3 Å². The number of aromatic nitrogens is 1. The normalized spacial score (nSPS) is 11.6. The van der Waals surface area contributed by atoms with Crippen LogP contribution in [0, 0.1) is 0 Å². The number of ketones is 1. The van der Waals surface area contributed by atoms with Crippen molar-refractivity contribution in [3.05, 3.63) is 77.1 Å². The van der Waals surface area contributed by atoms with Crippen molar-refractivity contribution in [2.24, 2.45) is 0 Å². The van der Waals surface area contributed by atoms with E-state index in [1.165, 1.54) is 6.07 Å². The summed E-state index contributed by atoms with van der Waals surface area (Å²) < 4.78 is 1.83. The Hall–Kier alpha value is -2.88. The first-order chi connectivity index (χ1) is 11.3. The summed E-state index contributed by atoms with van der Waals surface area (Å²) in [5, 5.41) is 9.33. The summed E-state index contributed by atoms with van der Waals surface area (Å²) in [5.41, 5.74) is 2.67. The molecule has 3 rings (SSSR count). The summed E-state index contributed by atoms with van der Waals surface area (Å²) in [7, 11) is 0. The maximum atomic E-state index is 13.0. The lowest BCUT2D eigenvalue weighted by Gasteiger charge is -2.15. The van der Waals surface area contributed by atoms with Crippen molar-refractivity contribution in [2.75, 3.05) is 0 Å². The van der Waals surface area contributed by atoms with E-state index in [2.05, 4.69) is 26.8 Å². The summed E-state index contributed by atoms with van der Waals surface area (Å²) in [4.78, 5) is 24.4. The van der Waals surface area contributed by atoms with Gasteiger partial charge in [-0.2, -0.15) is 0 Å². The third-order valence-electron chi connectivity index (χ3n) is 4.13. The van der Waals surface area contributed by atoms with Crippen molar-refractivity contribution in [1.29, 1.82) is 0 Å². The Bertz CT molecular complexity index is 945. The van der Waals surface area contributed by atoms with Crippen LogP contribution in [0.1, 0.15) is 52.7 Å². The molecule has 122 valence electrons. The maximum absolute atomic E-state index is 13.0. The molecule has 0 radical (unpaired) electrons. The number of carbonyl (C=O) groups excluding carboxylic acids is 1. The molecule has 0 saturated carbocycles. The Morgan fingerprint density at radius 2 is 1.62 bits per heavy atom. The van der Waals surface area contributed by atoms with Gasteiger partial charge in [0.15, 0.2) is 0 Å². The molecule has 0 spiro atoms. The first-order valence-electron chi connectivity index (χ1n) is 7.77. The number of hydrogen-bond acceptors (Lipinski definition) is 2. The minimum Gasteiger partial charge on any atom is -0.478 e. The molecule has 1 aromatic carbocycles. The first-order valence-corrected chi connectivity index (χ1v) is 7.77. The third-order valence-corrected chi connectivity index (χ3v) is 4.13. The molecule has 2 heterocycles. The quantitative estimate of drug-likeness (QED) is 0.737. The van der Waals surface area contributed by atoms with Gasteiger partial charge in [0.2, 0.25) is 5.78 Å². The van der Waals surface area contributed by atoms with Crippen LogP contribution in [0.25, 0.3) is 5.52 Å². The van der Waals surface area contributed by atoms with Crippen LogP contribution >= 0.6 is 0 Å². The Kier molecular flexibility index (Phi) is 3.76. The number of fused-ring (bicyclic) bond motifs is 1. The molecule has 0 aliphatic heterocycles. The fraction of sp³-hybridized carbons (Fsp3) is 0.200. The largest absolute Gasteiger partial charge is 0.478 e. The van der Waals surface area contributed by atoms with Gasteiger partial charge >= 0.3 is 5.97 Å². The molecular formula is C20H19NO3. The molecule has 0 fully saturated rings. The number of benzene rings is 1. The lowest BCUT2D eigenvalue weighted by molar-refractivity contribution is 0.0692. The highest BCUT2D eigenvalue weighted by Crippen LogP contribution is 2.26. The number of rotatable bonds is 3. The molecule has 0 saturated heterocycles. The lowest BCUT2D eigenvalue weighted by Crippen LogP contribution is -2.13. The average molecular weight is 321 g/mol. The van der Waals surface area contributed by atoms with E-state index in [4.69, 9.17) is 0 Å². The van der Waals surface area contributed by atoms with Crippen molar-refractivity contribution in [3.63, 3.8) is 0 Å². The highest BCUT2D eigenvalue weighted by molar-refractivity contribution is 6.13. The zero-order valence-electron chi connectivity index (χ0n) is 13.9. The maximum Gasteiger partial charge on any atom is 0.336 e. The predicted octanol–water partition coefficient (Wildman–Crippen LogP) is 4.17. The molecule has 2 aromatic heterocycles. The highest BCUT2D eigenvalue weighted by Gasteiger charge is 2.21. The number of carboxylic acid groups (broad SMARTS) is 1. The van der Waals surface area contributed by atoms with Gasteiger partial charge in [0.25, 0.3) is 0 Å². The molecule has 0 atom stereocenters. The van der Waals surface area contributed by atoms with E-state index in [1.54, 1.807) is 24.3 Å². The van der Waals surface area contributed by atoms with Crippen LogP contribution in [-0.2, 0) is 5.41 Å². The Balaban J connectivity index is 2.18. The second kappa shape index (κ2) is 5.64. The van der Waals surface area contributed by atoms with Crippen LogP contribution in [-0.4, -0.2) is 21.3 Å². The van der Waals surface area contributed by atoms with Crippen LogP contribution in [0.3, 0.4) is 0 Å². The molecule has 4 nitrogen and oxygen atoms in total. The number of aromatic carboxylic acids is 1. The van der Waals surface area contributed by atoms with Crippen LogP contribution in [0.4, 0.5) is 0 Å². The molecule has 0 amide bonds. The topological polar surface area (TPSA) is 58.8 Å². The molecule has 0 aliphatic carbocycles. The monoisotopic (exact) mass is 321 g/mol. The van der Waals surface area contributed by atoms with Crippen LogP contribution in [0.2, 0.25) is 0 Å². The molecule has 3 aromatic rings. The SMILES string of the molecule is CC(C)(C)c1cc2cccc(C(=O)c3ccccc3C(=O)O)n2c1. The minimum atomic E-state index is -1.10. The zero-order chi connectivity index (χ0) is 17.5. The van der Waals surface area contributed by atoms with Gasteiger partial charge in [-0.3, -0.25) is 4.79 Å². The van der Waals surface area contributed by atoms with Gasteiger partial charge in [-0.1, -0.05) is 45.0 Å². The Morgan fingerprint density at radius 1 is 0.958 bits per heavy atom. The standard InChI is InChI=1S/C20H19NO3/c1-20(2,3)13-11-14-7-6-10-17(21(14)12-13)18(22)15-8-4-5-9-16(15)19(23)24/h4-12H,1-3H3,(H,23,24). The van der Waals surface area contributed by atoms with Gasteiger partial charge in [-0.05, 0) is 35.2 Å². The van der Waals surface area contributed by atoms with Gasteiger partial charge in [-0.25, -0.2) is 4.79 Å². The molecule has 0 unspecified atom stereocenters. The average Bonchev–Trinajstić information content (AvgIpc) is 2.98. The summed E-state index contributed by atoms with van der Waals surface area (Å²) in [6, 6.07) is 13.8. The first kappa shape index (κ1) is 16.0.